The SMILES string of the molecule is [NH3+]O[P+]([O])(OCc1ccccc1)Oc1ccc(O)cc1. The third-order valence-corrected chi connectivity index (χ3v) is 3.64. The Labute approximate surface area is 117 Å². The normalized spacial score (nSPS) is 13.7. The van der Waals surface area contributed by atoms with Crippen LogP contribution in [0.3, 0.4) is 0 Å². The van der Waals surface area contributed by atoms with Crippen molar-refractivity contribution in [1.82, 2.24) is 0 Å². The number of aromatic hydroxyl groups is 1. The molecule has 105 valence electrons. The molecular weight excluding hydrogens is 281 g/mol. The lowest BCUT2D eigenvalue weighted by atomic mass is 10.2. The molecule has 7 heteroatoms. The van der Waals surface area contributed by atoms with Gasteiger partial charge >= 0.3 is 8.17 Å². The summed E-state index contributed by atoms with van der Waals surface area (Å²) in [5.41, 5.74) is 0.832. The molecular formula is C13H15NO5P+2. The van der Waals surface area contributed by atoms with Crippen LogP contribution in [0.5, 0.6) is 11.5 Å². The molecule has 0 aliphatic heterocycles. The van der Waals surface area contributed by atoms with Crippen molar-refractivity contribution in [3.63, 3.8) is 0 Å². The van der Waals surface area contributed by atoms with Gasteiger partial charge in [0.1, 0.15) is 12.4 Å². The number of hydrogen-bond acceptors (Lipinski definition) is 4. The van der Waals surface area contributed by atoms with E-state index in [0.29, 0.717) is 0 Å². The van der Waals surface area contributed by atoms with Crippen LogP contribution >= 0.6 is 8.17 Å². The maximum Gasteiger partial charge on any atom is 0.710 e. The predicted octanol–water partition coefficient (Wildman–Crippen LogP) is 2.27. The van der Waals surface area contributed by atoms with Crippen LogP contribution in [0.25, 0.3) is 0 Å². The van der Waals surface area contributed by atoms with Crippen molar-refractivity contribution in [1.29, 1.82) is 0 Å². The third kappa shape index (κ3) is 4.16. The number of hydrogen-bond donors (Lipinski definition) is 2. The van der Waals surface area contributed by atoms with Crippen molar-refractivity contribution in [3.05, 3.63) is 60.2 Å². The van der Waals surface area contributed by atoms with Crippen molar-refractivity contribution < 1.29 is 29.6 Å². The third-order valence-electron chi connectivity index (χ3n) is 2.44. The van der Waals surface area contributed by atoms with E-state index in [1.807, 2.05) is 30.3 Å². The fourth-order valence-corrected chi connectivity index (χ4v) is 2.32. The summed E-state index contributed by atoms with van der Waals surface area (Å²) in [5.74, 6) is 3.45. The largest absolute Gasteiger partial charge is 0.710 e. The van der Waals surface area contributed by atoms with Gasteiger partial charge < -0.3 is 5.11 Å². The molecule has 0 saturated carbocycles. The highest BCUT2D eigenvalue weighted by Crippen LogP contribution is 2.57. The van der Waals surface area contributed by atoms with E-state index in [-0.39, 0.29) is 18.1 Å². The molecule has 0 aliphatic carbocycles. The van der Waals surface area contributed by atoms with Crippen molar-refractivity contribution in [2.45, 2.75) is 6.61 Å². The zero-order valence-electron chi connectivity index (χ0n) is 10.6. The molecule has 1 atom stereocenters. The van der Waals surface area contributed by atoms with Gasteiger partial charge in [-0.2, -0.15) is 5.90 Å². The Morgan fingerprint density at radius 3 is 2.30 bits per heavy atom. The monoisotopic (exact) mass is 296 g/mol. The van der Waals surface area contributed by atoms with E-state index >= 15 is 0 Å². The van der Waals surface area contributed by atoms with Gasteiger partial charge in [-0.25, -0.2) is 0 Å². The molecule has 0 aromatic heterocycles. The fraction of sp³-hybridized carbons (Fsp3) is 0.0769. The van der Waals surface area contributed by atoms with E-state index in [2.05, 4.69) is 10.5 Å². The molecule has 0 bridgehead atoms. The lowest BCUT2D eigenvalue weighted by Gasteiger charge is -2.08. The van der Waals surface area contributed by atoms with Crippen LogP contribution in [0.15, 0.2) is 54.6 Å². The van der Waals surface area contributed by atoms with Gasteiger partial charge in [0, 0.05) is 0 Å². The molecule has 6 nitrogen and oxygen atoms in total. The second kappa shape index (κ2) is 6.65. The maximum atomic E-state index is 12.2. The molecule has 4 N–H and O–H groups in total. The first kappa shape index (κ1) is 14.7. The van der Waals surface area contributed by atoms with Crippen LogP contribution in [0.2, 0.25) is 0 Å². The maximum absolute atomic E-state index is 12.2. The van der Waals surface area contributed by atoms with Gasteiger partial charge in [-0.3, -0.25) is 4.52 Å². The van der Waals surface area contributed by atoms with Crippen LogP contribution in [0.4, 0.5) is 0 Å². The second-order valence-corrected chi connectivity index (χ2v) is 5.51. The highest BCUT2D eigenvalue weighted by molar-refractivity contribution is 7.55. The van der Waals surface area contributed by atoms with E-state index in [1.165, 1.54) is 24.3 Å². The minimum absolute atomic E-state index is 0.0751. The average Bonchev–Trinajstić information content (AvgIpc) is 2.49. The topological polar surface area (TPSA) is 95.5 Å². The second-order valence-electron chi connectivity index (χ2n) is 3.92. The molecule has 0 heterocycles. The molecule has 2 aromatic carbocycles. The van der Waals surface area contributed by atoms with E-state index in [1.54, 1.807) is 0 Å². The Morgan fingerprint density at radius 2 is 1.70 bits per heavy atom. The van der Waals surface area contributed by atoms with Crippen molar-refractivity contribution in [2.24, 2.45) is 0 Å². The molecule has 2 aromatic rings. The number of rotatable bonds is 6. The van der Waals surface area contributed by atoms with Crippen molar-refractivity contribution >= 4 is 8.17 Å². The van der Waals surface area contributed by atoms with Gasteiger partial charge in [-0.05, 0) is 29.8 Å². The fourth-order valence-electron chi connectivity index (χ4n) is 1.45. The Morgan fingerprint density at radius 1 is 1.05 bits per heavy atom. The Balaban J connectivity index is 1.99. The molecule has 0 spiro atoms. The summed E-state index contributed by atoms with van der Waals surface area (Å²) in [6, 6.07) is 14.9. The number of phenols is 1. The predicted molar refractivity (Wildman–Crippen MR) is 71.5 cm³/mol. The summed E-state index contributed by atoms with van der Waals surface area (Å²) < 4.78 is 14.9. The lowest BCUT2D eigenvalue weighted by Crippen LogP contribution is -2.49. The van der Waals surface area contributed by atoms with Crippen LogP contribution in [-0.2, 0) is 20.6 Å². The standard InChI is InChI=1S/C13H14NO5P/c14-19-20(16,17-10-11-4-2-1-3-5-11)18-13-8-6-12(15)7-9-13/h1-9H,10H2,14H3/q+1/p+1. The van der Waals surface area contributed by atoms with Crippen LogP contribution in [0, 0.1) is 0 Å². The van der Waals surface area contributed by atoms with Gasteiger partial charge in [0.15, 0.2) is 5.75 Å². The highest BCUT2D eigenvalue weighted by atomic mass is 31.2. The van der Waals surface area contributed by atoms with Gasteiger partial charge in [0.25, 0.3) is 0 Å². The molecule has 0 amide bonds. The molecule has 0 aliphatic rings. The van der Waals surface area contributed by atoms with E-state index in [9.17, 15) is 4.89 Å². The molecule has 1 radical (unpaired) electrons. The molecule has 0 fully saturated rings. The number of benzene rings is 2. The van der Waals surface area contributed by atoms with Crippen molar-refractivity contribution in [2.75, 3.05) is 0 Å². The first-order chi connectivity index (χ1) is 9.61. The molecule has 20 heavy (non-hydrogen) atoms. The summed E-state index contributed by atoms with van der Waals surface area (Å²) >= 11 is 0. The van der Waals surface area contributed by atoms with Gasteiger partial charge in [-0.15, -0.1) is 4.52 Å². The summed E-state index contributed by atoms with van der Waals surface area (Å²) in [7, 11) is -3.80. The van der Waals surface area contributed by atoms with Crippen LogP contribution < -0.4 is 10.4 Å². The average molecular weight is 296 g/mol. The molecule has 1 unspecified atom stereocenters. The van der Waals surface area contributed by atoms with E-state index in [0.717, 1.165) is 5.56 Å². The van der Waals surface area contributed by atoms with E-state index < -0.39 is 8.17 Å². The Bertz CT molecular complexity index is 536. The minimum Gasteiger partial charge on any atom is -0.508 e. The minimum atomic E-state index is -3.80. The Hall–Kier alpha value is -1.69. The first-order valence-corrected chi connectivity index (χ1v) is 7.28. The van der Waals surface area contributed by atoms with Gasteiger partial charge in [0.2, 0.25) is 0 Å². The molecule has 2 rings (SSSR count). The summed E-state index contributed by atoms with van der Waals surface area (Å²) in [4.78, 5) is 12.2. The smallest absolute Gasteiger partial charge is 0.508 e. The lowest BCUT2D eigenvalue weighted by molar-refractivity contribution is -0.646. The van der Waals surface area contributed by atoms with Gasteiger partial charge in [0.05, 0.1) is 9.52 Å². The van der Waals surface area contributed by atoms with Crippen LogP contribution in [0.1, 0.15) is 5.56 Å². The summed E-state index contributed by atoms with van der Waals surface area (Å²) in [5, 5.41) is 9.16. The first-order valence-electron chi connectivity index (χ1n) is 5.82. The summed E-state index contributed by atoms with van der Waals surface area (Å²) in [6.07, 6.45) is 0. The van der Waals surface area contributed by atoms with Crippen LogP contribution in [-0.4, -0.2) is 5.11 Å². The quantitative estimate of drug-likeness (QED) is 0.631. The zero-order valence-corrected chi connectivity index (χ0v) is 11.5. The van der Waals surface area contributed by atoms with Crippen molar-refractivity contribution in [3.8, 4) is 11.5 Å². The van der Waals surface area contributed by atoms with Gasteiger partial charge in [-0.1, -0.05) is 30.3 Å². The number of quaternary nitrogens is 1. The molecule has 0 saturated heterocycles. The summed E-state index contributed by atoms with van der Waals surface area (Å²) in [6.45, 7) is 0.0751. The van der Waals surface area contributed by atoms with E-state index in [4.69, 9.17) is 14.2 Å². The zero-order chi connectivity index (χ0) is 14.4. The number of phenolic OH excluding ortho intramolecular Hbond substituents is 1. The highest BCUT2D eigenvalue weighted by Gasteiger charge is 2.53. The Kier molecular flexibility index (Phi) is 4.89.